The van der Waals surface area contributed by atoms with Crippen molar-refractivity contribution in [3.8, 4) is 0 Å². The minimum absolute atomic E-state index is 0.0135. The summed E-state index contributed by atoms with van der Waals surface area (Å²) < 4.78 is 6.02. The summed E-state index contributed by atoms with van der Waals surface area (Å²) in [6, 6.07) is -13.0. The molecule has 1 heterocycles. The summed E-state index contributed by atoms with van der Waals surface area (Å²) in [5, 5.41) is 23.0. The van der Waals surface area contributed by atoms with Crippen LogP contribution in [-0.2, 0) is 62.3 Å². The van der Waals surface area contributed by atoms with Crippen molar-refractivity contribution in [2.24, 2.45) is 35.5 Å². The van der Waals surface area contributed by atoms with Gasteiger partial charge in [-0.25, -0.2) is 0 Å². The molecule has 13 atom stereocenters. The molecule has 1 aliphatic heterocycles. The lowest BCUT2D eigenvalue weighted by Crippen LogP contribution is -2.63. The SMILES string of the molecule is C/C=C/C[C@@H](C)[C@@H](O)[C@H]1C(=O)N[C@@H](CC)C(=O)N(C)CC(=O)N(C)[C@@H]([C@@H](C)OCCCC=O)C(=O)N[C@@H](C(C)C)C(=O)N(C)[C@@H](CC(C)C)C(=O)N[C@@H](C)C(=O)N[C@H](C)C(=O)N(C)[C@@H](CC(C)C)C(=O)N(C)[C@H](CC(C)C)C(=O)N(C)C(C(C)C)C(=O)N1C. The van der Waals surface area contributed by atoms with E-state index in [1.807, 2.05) is 41.5 Å². The van der Waals surface area contributed by atoms with Crippen LogP contribution in [0.25, 0.3) is 0 Å². The summed E-state index contributed by atoms with van der Waals surface area (Å²) in [7, 11) is 9.69. The van der Waals surface area contributed by atoms with Crippen molar-refractivity contribution in [2.45, 2.75) is 228 Å². The predicted molar refractivity (Wildman–Crippen MR) is 340 cm³/mol. The fraction of sp³-hybridized carbons (Fsp3) is 0.781. The Balaban J connectivity index is 4.39. The van der Waals surface area contributed by atoms with Gasteiger partial charge in [-0.15, -0.1) is 0 Å². The third-order valence-corrected chi connectivity index (χ3v) is 16.6. The molecular formula is C64H113N11O14. The lowest BCUT2D eigenvalue weighted by Gasteiger charge is -2.41. The Morgan fingerprint density at radius 1 is 0.528 bits per heavy atom. The number of ether oxygens (including phenoxy) is 1. The van der Waals surface area contributed by atoms with E-state index in [0.29, 0.717) is 6.29 Å². The molecule has 0 aromatic carbocycles. The number of carbonyl (C=O) groups is 12. The number of amides is 11. The number of aliphatic hydroxyl groups is 1. The van der Waals surface area contributed by atoms with Crippen molar-refractivity contribution in [3.05, 3.63) is 12.2 Å². The molecule has 89 heavy (non-hydrogen) atoms. The topological polar surface area (TPSA) is 305 Å². The van der Waals surface area contributed by atoms with Gasteiger partial charge in [-0.2, -0.15) is 0 Å². The van der Waals surface area contributed by atoms with Gasteiger partial charge in [0.2, 0.25) is 65.0 Å². The first-order valence-electron chi connectivity index (χ1n) is 31.7. The Labute approximate surface area is 530 Å². The number of nitrogens with zero attached hydrogens (tertiary/aromatic N) is 7. The minimum atomic E-state index is -1.65. The fourth-order valence-electron chi connectivity index (χ4n) is 11.0. The Morgan fingerprint density at radius 3 is 1.48 bits per heavy atom. The van der Waals surface area contributed by atoms with Crippen LogP contribution in [0.1, 0.15) is 156 Å². The number of hydrogen-bond donors (Lipinski definition) is 5. The standard InChI is InChI=1S/C64H113N11O14/c1-24-26-29-41(13)54(78)53-58(82)67-45(25-2)60(84)69(17)35-49(77)73(21)52(44(16)89-31-28-27-30-76)57(81)68-50(39(9)10)63(87)70(18)46(32-36(3)4)56(80)65-42(14)55(79)66-43(15)59(83)71(19)47(33-37(5)6)61(85)72(20)48(34-38(7)8)62(86)74(22)51(40(11)12)64(88)75(53)23/h24,26,30,36-48,50-54,78H,25,27-29,31-35H2,1-23H3,(H,65,80)(H,66,79)(H,67,82)(H,68,81)/b26-24+/t41-,42+,43-,44-,45+,46+,47+,48-,50+,51?,52+,53+,54-/m1/s1. The zero-order valence-electron chi connectivity index (χ0n) is 57.9. The first kappa shape index (κ1) is 80.5. The largest absolute Gasteiger partial charge is 0.390 e. The molecule has 1 rings (SSSR count). The molecule has 11 amide bonds. The highest BCUT2D eigenvalue weighted by molar-refractivity contribution is 5.99. The molecule has 508 valence electrons. The highest BCUT2D eigenvalue weighted by Gasteiger charge is 2.46. The van der Waals surface area contributed by atoms with Crippen LogP contribution in [0.5, 0.6) is 0 Å². The maximum Gasteiger partial charge on any atom is 0.246 e. The number of carbonyl (C=O) groups excluding carboxylic acids is 12. The normalized spacial score (nSPS) is 26.5. The second-order valence-corrected chi connectivity index (χ2v) is 26.3. The first-order chi connectivity index (χ1) is 41.3. The lowest BCUT2D eigenvalue weighted by molar-refractivity contribution is -0.157. The van der Waals surface area contributed by atoms with Crippen molar-refractivity contribution < 1.29 is 67.4 Å². The van der Waals surface area contributed by atoms with Crippen molar-refractivity contribution in [3.63, 3.8) is 0 Å². The highest BCUT2D eigenvalue weighted by atomic mass is 16.5. The number of rotatable bonds is 19. The Hall–Kier alpha value is -6.50. The van der Waals surface area contributed by atoms with E-state index in [2.05, 4.69) is 21.3 Å². The monoisotopic (exact) mass is 1260 g/mol. The van der Waals surface area contributed by atoms with Gasteiger partial charge in [0.15, 0.2) is 0 Å². The highest BCUT2D eigenvalue weighted by Crippen LogP contribution is 2.26. The number of aliphatic hydroxyl groups excluding tert-OH is 1. The maximum atomic E-state index is 15.2. The molecule has 1 unspecified atom stereocenters. The molecule has 1 aliphatic rings. The number of aldehydes is 1. The van der Waals surface area contributed by atoms with Crippen LogP contribution < -0.4 is 21.3 Å². The van der Waals surface area contributed by atoms with Gasteiger partial charge in [0.1, 0.15) is 66.7 Å². The first-order valence-corrected chi connectivity index (χ1v) is 31.7. The summed E-state index contributed by atoms with van der Waals surface area (Å²) in [5.41, 5.74) is 0. The molecule has 1 fully saturated rings. The van der Waals surface area contributed by atoms with Crippen LogP contribution in [0.4, 0.5) is 0 Å². The second kappa shape index (κ2) is 37.6. The number of unbranched alkanes of at least 4 members (excludes halogenated alkanes) is 1. The van der Waals surface area contributed by atoms with Crippen LogP contribution in [-0.4, -0.2) is 246 Å². The van der Waals surface area contributed by atoms with E-state index in [0.717, 1.165) is 14.7 Å². The molecule has 0 radical (unpaired) electrons. The average Bonchev–Trinajstić information content (AvgIpc) is 0.987. The third-order valence-electron chi connectivity index (χ3n) is 16.6. The smallest absolute Gasteiger partial charge is 0.246 e. The van der Waals surface area contributed by atoms with Crippen molar-refractivity contribution >= 4 is 71.3 Å². The van der Waals surface area contributed by atoms with Crippen molar-refractivity contribution in [1.29, 1.82) is 0 Å². The summed E-state index contributed by atoms with van der Waals surface area (Å²) in [6.45, 7) is 26.8. The molecule has 0 aliphatic carbocycles. The molecule has 25 heteroatoms. The van der Waals surface area contributed by atoms with Crippen LogP contribution in [0.3, 0.4) is 0 Å². The van der Waals surface area contributed by atoms with Gasteiger partial charge in [-0.1, -0.05) is 95.2 Å². The molecule has 0 spiro atoms. The molecule has 25 nitrogen and oxygen atoms in total. The zero-order chi connectivity index (χ0) is 68.8. The van der Waals surface area contributed by atoms with Gasteiger partial charge in [0, 0.05) is 62.4 Å². The summed E-state index contributed by atoms with van der Waals surface area (Å²) in [6.07, 6.45) is 2.78. The number of likely N-dealkylation sites (N-methyl/N-ethyl adjacent to an activating group) is 7. The van der Waals surface area contributed by atoms with Gasteiger partial charge in [-0.3, -0.25) is 52.7 Å². The maximum absolute atomic E-state index is 15.2. The summed E-state index contributed by atoms with van der Waals surface area (Å²) in [4.78, 5) is 180. The van der Waals surface area contributed by atoms with Crippen LogP contribution in [0.15, 0.2) is 12.2 Å². The van der Waals surface area contributed by atoms with Gasteiger partial charge in [-0.05, 0) is 102 Å². The Kier molecular flexibility index (Phi) is 34.0. The van der Waals surface area contributed by atoms with Crippen molar-refractivity contribution in [2.75, 3.05) is 62.5 Å². The number of allylic oxidation sites excluding steroid dienone is 2. The molecule has 0 saturated carbocycles. The molecule has 0 bridgehead atoms. The van der Waals surface area contributed by atoms with Gasteiger partial charge < -0.3 is 70.2 Å². The Morgan fingerprint density at radius 2 is 1.00 bits per heavy atom. The molecule has 5 N–H and O–H groups in total. The van der Waals surface area contributed by atoms with Crippen molar-refractivity contribution in [1.82, 2.24) is 55.6 Å². The van der Waals surface area contributed by atoms with E-state index >= 15 is 9.59 Å². The van der Waals surface area contributed by atoms with E-state index in [9.17, 15) is 53.1 Å². The molecule has 0 aromatic rings. The molecular weight excluding hydrogens is 1150 g/mol. The molecule has 0 aromatic heterocycles. The number of hydrogen-bond acceptors (Lipinski definition) is 14. The van der Waals surface area contributed by atoms with Crippen LogP contribution in [0.2, 0.25) is 0 Å². The van der Waals surface area contributed by atoms with E-state index < -0.39 is 162 Å². The third kappa shape index (κ3) is 23.0. The van der Waals surface area contributed by atoms with Gasteiger partial charge in [0.05, 0.1) is 18.8 Å². The summed E-state index contributed by atoms with van der Waals surface area (Å²) >= 11 is 0. The van der Waals surface area contributed by atoms with E-state index in [4.69, 9.17) is 4.74 Å². The average molecular weight is 1260 g/mol. The fourth-order valence-corrected chi connectivity index (χ4v) is 11.0. The second-order valence-electron chi connectivity index (χ2n) is 26.3. The van der Waals surface area contributed by atoms with E-state index in [-0.39, 0.29) is 69.3 Å². The Bertz CT molecular complexity index is 2440. The van der Waals surface area contributed by atoms with Crippen LogP contribution in [0, 0.1) is 35.5 Å². The predicted octanol–water partition coefficient (Wildman–Crippen LogP) is 2.61. The number of nitrogens with one attached hydrogen (secondary N) is 4. The van der Waals surface area contributed by atoms with E-state index in [1.165, 1.54) is 89.7 Å². The van der Waals surface area contributed by atoms with Gasteiger partial charge in [0.25, 0.3) is 0 Å². The quantitative estimate of drug-likeness (QED) is 0.0706. The lowest BCUT2D eigenvalue weighted by atomic mass is 9.91. The minimum Gasteiger partial charge on any atom is -0.390 e. The van der Waals surface area contributed by atoms with E-state index in [1.54, 1.807) is 60.6 Å². The van der Waals surface area contributed by atoms with Crippen LogP contribution >= 0.6 is 0 Å². The zero-order valence-corrected chi connectivity index (χ0v) is 57.9. The van der Waals surface area contributed by atoms with Gasteiger partial charge >= 0.3 is 0 Å². The molecule has 1 saturated heterocycles. The summed E-state index contributed by atoms with van der Waals surface area (Å²) in [5.74, 6) is -10.4.